The molecule has 0 aliphatic carbocycles. The van der Waals surface area contributed by atoms with E-state index in [-0.39, 0.29) is 5.69 Å². The minimum atomic E-state index is -0.553. The molecule has 0 saturated carbocycles. The van der Waals surface area contributed by atoms with Crippen LogP contribution in [0.3, 0.4) is 0 Å². The highest BCUT2D eigenvalue weighted by molar-refractivity contribution is 5.87. The van der Waals surface area contributed by atoms with Crippen LogP contribution in [0.5, 0.6) is 11.5 Å². The smallest absolute Gasteiger partial charge is 0.356 e. The number of pyridine rings is 1. The molecule has 0 radical (unpaired) electrons. The molecule has 0 saturated heterocycles. The molecule has 0 spiro atoms. The second kappa shape index (κ2) is 5.71. The molecule has 0 atom stereocenters. The van der Waals surface area contributed by atoms with E-state index in [1.54, 1.807) is 18.2 Å². The molecule has 0 fully saturated rings. The van der Waals surface area contributed by atoms with Crippen LogP contribution >= 0.6 is 0 Å². The Morgan fingerprint density at radius 1 is 1.35 bits per heavy atom. The van der Waals surface area contributed by atoms with Gasteiger partial charge >= 0.3 is 5.97 Å². The number of esters is 1. The Kier molecular flexibility index (Phi) is 3.82. The Hall–Kier alpha value is -3.07. The first-order valence-corrected chi connectivity index (χ1v) is 5.66. The van der Waals surface area contributed by atoms with Crippen molar-refractivity contribution in [3.8, 4) is 17.6 Å². The molecule has 2 rings (SSSR count). The van der Waals surface area contributed by atoms with E-state index in [0.29, 0.717) is 22.7 Å². The number of nitrogens with zero attached hydrogens (tertiary/aromatic N) is 2. The maximum atomic E-state index is 11.4. The molecule has 6 heteroatoms. The SMILES string of the molecule is COC(=O)c1cc(Oc2ccc(C#N)cc2N)ccn1. The Morgan fingerprint density at radius 2 is 2.15 bits per heavy atom. The van der Waals surface area contributed by atoms with Crippen molar-refractivity contribution in [1.82, 2.24) is 4.98 Å². The minimum Gasteiger partial charge on any atom is -0.464 e. The molecule has 0 unspecified atom stereocenters. The summed E-state index contributed by atoms with van der Waals surface area (Å²) in [5.41, 5.74) is 6.70. The Morgan fingerprint density at radius 3 is 2.80 bits per heavy atom. The lowest BCUT2D eigenvalue weighted by Gasteiger charge is -2.09. The van der Waals surface area contributed by atoms with Crippen molar-refractivity contribution in [1.29, 1.82) is 5.26 Å². The first-order valence-electron chi connectivity index (χ1n) is 5.66. The van der Waals surface area contributed by atoms with Gasteiger partial charge in [0.15, 0.2) is 5.69 Å². The van der Waals surface area contributed by atoms with Crippen molar-refractivity contribution >= 4 is 11.7 Å². The van der Waals surface area contributed by atoms with E-state index in [1.165, 1.54) is 25.4 Å². The second-order valence-corrected chi connectivity index (χ2v) is 3.83. The van der Waals surface area contributed by atoms with Crippen molar-refractivity contribution in [2.75, 3.05) is 12.8 Å². The molecule has 0 amide bonds. The molecule has 6 nitrogen and oxygen atoms in total. The summed E-state index contributed by atoms with van der Waals surface area (Å²) in [7, 11) is 1.27. The standard InChI is InChI=1S/C14H11N3O3/c1-19-14(18)12-7-10(4-5-17-12)20-13-3-2-9(8-15)6-11(13)16/h2-7H,16H2,1H3. The number of hydrogen-bond donors (Lipinski definition) is 1. The fourth-order valence-electron chi connectivity index (χ4n) is 1.53. The number of nitrogens with two attached hydrogens (primary N) is 1. The molecule has 20 heavy (non-hydrogen) atoms. The molecule has 2 aromatic rings. The number of benzene rings is 1. The first-order chi connectivity index (χ1) is 9.63. The molecule has 1 aromatic carbocycles. The zero-order valence-electron chi connectivity index (χ0n) is 10.7. The van der Waals surface area contributed by atoms with Crippen LogP contribution in [0.25, 0.3) is 0 Å². The van der Waals surface area contributed by atoms with Crippen LogP contribution in [0.4, 0.5) is 5.69 Å². The molecular formula is C14H11N3O3. The van der Waals surface area contributed by atoms with E-state index < -0.39 is 5.97 Å². The largest absolute Gasteiger partial charge is 0.464 e. The molecule has 2 N–H and O–H groups in total. The summed E-state index contributed by atoms with van der Waals surface area (Å²) in [4.78, 5) is 15.2. The normalized spacial score (nSPS) is 9.60. The van der Waals surface area contributed by atoms with Gasteiger partial charge in [-0.1, -0.05) is 0 Å². The van der Waals surface area contributed by atoms with E-state index in [9.17, 15) is 4.79 Å². The Bertz CT molecular complexity index is 692. The van der Waals surface area contributed by atoms with Crippen LogP contribution in [0.1, 0.15) is 16.1 Å². The number of carbonyl (C=O) groups excluding carboxylic acids is 1. The van der Waals surface area contributed by atoms with E-state index >= 15 is 0 Å². The number of methoxy groups -OCH3 is 1. The average Bonchev–Trinajstić information content (AvgIpc) is 2.48. The van der Waals surface area contributed by atoms with Crippen LogP contribution in [-0.4, -0.2) is 18.1 Å². The number of nitrogen functional groups attached to an aromatic ring is 1. The van der Waals surface area contributed by atoms with Gasteiger partial charge in [0, 0.05) is 12.3 Å². The summed E-state index contributed by atoms with van der Waals surface area (Å²) in [6, 6.07) is 9.71. The van der Waals surface area contributed by atoms with Gasteiger partial charge in [-0.25, -0.2) is 9.78 Å². The summed E-state index contributed by atoms with van der Waals surface area (Å²) < 4.78 is 10.1. The second-order valence-electron chi connectivity index (χ2n) is 3.83. The highest BCUT2D eigenvalue weighted by Crippen LogP contribution is 2.28. The predicted molar refractivity (Wildman–Crippen MR) is 71.2 cm³/mol. The van der Waals surface area contributed by atoms with Gasteiger partial charge in [-0.05, 0) is 24.3 Å². The van der Waals surface area contributed by atoms with Crippen LogP contribution < -0.4 is 10.5 Å². The lowest BCUT2D eigenvalue weighted by molar-refractivity contribution is 0.0593. The van der Waals surface area contributed by atoms with Gasteiger partial charge in [0.05, 0.1) is 24.4 Å². The number of anilines is 1. The van der Waals surface area contributed by atoms with Crippen molar-refractivity contribution < 1.29 is 14.3 Å². The molecular weight excluding hydrogens is 258 g/mol. The molecule has 100 valence electrons. The average molecular weight is 269 g/mol. The summed E-state index contributed by atoms with van der Waals surface area (Å²) in [6.45, 7) is 0. The third-order valence-corrected chi connectivity index (χ3v) is 2.49. The Labute approximate surface area is 115 Å². The maximum absolute atomic E-state index is 11.4. The zero-order valence-corrected chi connectivity index (χ0v) is 10.7. The van der Waals surface area contributed by atoms with Gasteiger partial charge in [-0.15, -0.1) is 0 Å². The van der Waals surface area contributed by atoms with Crippen LogP contribution in [0.2, 0.25) is 0 Å². The Balaban J connectivity index is 2.26. The zero-order chi connectivity index (χ0) is 14.5. The third kappa shape index (κ3) is 2.84. The number of nitriles is 1. The van der Waals surface area contributed by atoms with E-state index in [2.05, 4.69) is 9.72 Å². The van der Waals surface area contributed by atoms with Crippen LogP contribution in [-0.2, 0) is 4.74 Å². The summed E-state index contributed by atoms with van der Waals surface area (Å²) in [5, 5.41) is 8.76. The first kappa shape index (κ1) is 13.4. The lowest BCUT2D eigenvalue weighted by Crippen LogP contribution is -2.04. The van der Waals surface area contributed by atoms with Crippen LogP contribution in [0.15, 0.2) is 36.5 Å². The van der Waals surface area contributed by atoms with Crippen molar-refractivity contribution in [3.05, 3.63) is 47.8 Å². The fourth-order valence-corrected chi connectivity index (χ4v) is 1.53. The summed E-state index contributed by atoms with van der Waals surface area (Å²) in [5.74, 6) is 0.242. The van der Waals surface area contributed by atoms with Crippen molar-refractivity contribution in [3.63, 3.8) is 0 Å². The highest BCUT2D eigenvalue weighted by atomic mass is 16.5. The van der Waals surface area contributed by atoms with Gasteiger partial charge in [-0.3, -0.25) is 0 Å². The predicted octanol–water partition coefficient (Wildman–Crippen LogP) is 2.11. The topological polar surface area (TPSA) is 98.2 Å². The molecule has 0 bridgehead atoms. The third-order valence-electron chi connectivity index (χ3n) is 2.49. The molecule has 0 aliphatic rings. The number of ether oxygens (including phenoxy) is 2. The summed E-state index contributed by atoms with van der Waals surface area (Å²) >= 11 is 0. The van der Waals surface area contributed by atoms with Gasteiger partial charge in [0.25, 0.3) is 0 Å². The lowest BCUT2D eigenvalue weighted by atomic mass is 10.2. The van der Waals surface area contributed by atoms with Gasteiger partial charge in [0.2, 0.25) is 0 Å². The number of aromatic nitrogens is 1. The number of rotatable bonds is 3. The summed E-state index contributed by atoms with van der Waals surface area (Å²) in [6.07, 6.45) is 1.43. The van der Waals surface area contributed by atoms with Crippen molar-refractivity contribution in [2.24, 2.45) is 0 Å². The van der Waals surface area contributed by atoms with Crippen molar-refractivity contribution in [2.45, 2.75) is 0 Å². The highest BCUT2D eigenvalue weighted by Gasteiger charge is 2.09. The van der Waals surface area contributed by atoms with Gasteiger partial charge in [-0.2, -0.15) is 5.26 Å². The molecule has 1 aromatic heterocycles. The van der Waals surface area contributed by atoms with E-state index in [4.69, 9.17) is 15.7 Å². The van der Waals surface area contributed by atoms with Gasteiger partial charge in [0.1, 0.15) is 11.5 Å². The quantitative estimate of drug-likeness (QED) is 0.676. The van der Waals surface area contributed by atoms with Crippen LogP contribution in [0, 0.1) is 11.3 Å². The molecule has 0 aliphatic heterocycles. The maximum Gasteiger partial charge on any atom is 0.356 e. The monoisotopic (exact) mass is 269 g/mol. The minimum absolute atomic E-state index is 0.136. The number of carbonyl (C=O) groups is 1. The molecule has 1 heterocycles. The van der Waals surface area contributed by atoms with Gasteiger partial charge < -0.3 is 15.2 Å². The fraction of sp³-hybridized carbons (Fsp3) is 0.0714. The number of hydrogen-bond acceptors (Lipinski definition) is 6. The van der Waals surface area contributed by atoms with E-state index in [0.717, 1.165) is 0 Å². The van der Waals surface area contributed by atoms with E-state index in [1.807, 2.05) is 6.07 Å².